The topological polar surface area (TPSA) is 33.1 Å². The first-order chi connectivity index (χ1) is 10.1. The third-order valence-corrected chi connectivity index (χ3v) is 4.02. The number of benzene rings is 2. The van der Waals surface area contributed by atoms with Crippen molar-refractivity contribution in [2.45, 2.75) is 19.4 Å². The molecule has 0 spiro atoms. The van der Waals surface area contributed by atoms with Crippen LogP contribution >= 0.6 is 11.6 Å². The Morgan fingerprint density at radius 3 is 2.62 bits per heavy atom. The highest BCUT2D eigenvalue weighted by molar-refractivity contribution is 6.31. The maximum Gasteiger partial charge on any atom is 0.100 e. The van der Waals surface area contributed by atoms with Crippen molar-refractivity contribution in [1.82, 2.24) is 4.98 Å². The van der Waals surface area contributed by atoms with Gasteiger partial charge in [0.25, 0.3) is 0 Å². The van der Waals surface area contributed by atoms with Crippen molar-refractivity contribution >= 4 is 22.5 Å². The second-order valence-electron chi connectivity index (χ2n) is 5.19. The molecule has 0 fully saturated rings. The smallest absolute Gasteiger partial charge is 0.100 e. The Balaban J connectivity index is 1.95. The normalized spacial score (nSPS) is 12.5. The highest BCUT2D eigenvalue weighted by Crippen LogP contribution is 2.25. The lowest BCUT2D eigenvalue weighted by Crippen LogP contribution is -2.05. The Morgan fingerprint density at radius 2 is 1.81 bits per heavy atom. The largest absolute Gasteiger partial charge is 0.386 e. The molecule has 2 aromatic carbocycles. The number of aromatic nitrogens is 1. The minimum absolute atomic E-state index is 0.463. The standard InChI is InChI=1S/C18H16ClNO/c1-12-10-17(20-16-9-5-3-7-14(12)16)18(21)11-13-6-2-4-8-15(13)19/h2-10,18,21H,11H2,1H3. The predicted molar refractivity (Wildman–Crippen MR) is 86.6 cm³/mol. The number of rotatable bonds is 3. The van der Waals surface area contributed by atoms with Gasteiger partial charge in [0.05, 0.1) is 11.2 Å². The fourth-order valence-corrected chi connectivity index (χ4v) is 2.74. The fourth-order valence-electron chi connectivity index (χ4n) is 2.52. The lowest BCUT2D eigenvalue weighted by molar-refractivity contribution is 0.174. The van der Waals surface area contributed by atoms with Gasteiger partial charge in [-0.2, -0.15) is 0 Å². The summed E-state index contributed by atoms with van der Waals surface area (Å²) < 4.78 is 0. The summed E-state index contributed by atoms with van der Waals surface area (Å²) in [6, 6.07) is 17.5. The molecule has 0 aliphatic rings. The number of hydrogen-bond acceptors (Lipinski definition) is 2. The van der Waals surface area contributed by atoms with Crippen molar-refractivity contribution in [2.75, 3.05) is 0 Å². The summed E-state index contributed by atoms with van der Waals surface area (Å²) in [6.45, 7) is 2.04. The van der Waals surface area contributed by atoms with E-state index >= 15 is 0 Å². The third kappa shape index (κ3) is 2.92. The first-order valence-electron chi connectivity index (χ1n) is 6.93. The summed E-state index contributed by atoms with van der Waals surface area (Å²) in [5.41, 5.74) is 3.64. The zero-order valence-corrected chi connectivity index (χ0v) is 12.5. The molecule has 2 nitrogen and oxygen atoms in total. The molecular formula is C18H16ClNO. The summed E-state index contributed by atoms with van der Waals surface area (Å²) in [6.07, 6.45) is -0.196. The average Bonchev–Trinajstić information content (AvgIpc) is 2.49. The average molecular weight is 298 g/mol. The Hall–Kier alpha value is -1.90. The first kappa shape index (κ1) is 14.1. The van der Waals surface area contributed by atoms with Gasteiger partial charge in [0.1, 0.15) is 6.10 Å². The number of aryl methyl sites for hydroxylation is 1. The van der Waals surface area contributed by atoms with Gasteiger partial charge in [-0.1, -0.05) is 48.0 Å². The van der Waals surface area contributed by atoms with Crippen molar-refractivity contribution in [3.05, 3.63) is 76.4 Å². The molecule has 1 heterocycles. The van der Waals surface area contributed by atoms with Crippen LogP contribution in [0, 0.1) is 6.92 Å². The van der Waals surface area contributed by atoms with Crippen LogP contribution in [0.3, 0.4) is 0 Å². The van der Waals surface area contributed by atoms with E-state index in [2.05, 4.69) is 4.98 Å². The number of fused-ring (bicyclic) bond motifs is 1. The minimum Gasteiger partial charge on any atom is -0.386 e. The van der Waals surface area contributed by atoms with E-state index in [0.717, 1.165) is 22.0 Å². The number of para-hydroxylation sites is 1. The van der Waals surface area contributed by atoms with Crippen LogP contribution in [0.25, 0.3) is 10.9 Å². The van der Waals surface area contributed by atoms with Gasteiger partial charge in [-0.25, -0.2) is 0 Å². The summed E-state index contributed by atoms with van der Waals surface area (Å²) in [5.74, 6) is 0. The van der Waals surface area contributed by atoms with Gasteiger partial charge in [-0.3, -0.25) is 4.98 Å². The zero-order chi connectivity index (χ0) is 14.8. The Kier molecular flexibility index (Phi) is 3.91. The van der Waals surface area contributed by atoms with E-state index in [4.69, 9.17) is 11.6 Å². The molecule has 0 bridgehead atoms. The van der Waals surface area contributed by atoms with Crippen LogP contribution in [0.4, 0.5) is 0 Å². The fraction of sp³-hybridized carbons (Fsp3) is 0.167. The SMILES string of the molecule is Cc1cc(C(O)Cc2ccccc2Cl)nc2ccccc12. The Bertz CT molecular complexity index is 785. The quantitative estimate of drug-likeness (QED) is 0.773. The molecule has 0 saturated heterocycles. The van der Waals surface area contributed by atoms with Gasteiger partial charge in [0, 0.05) is 16.8 Å². The maximum absolute atomic E-state index is 10.5. The Labute approximate surface area is 129 Å². The monoisotopic (exact) mass is 297 g/mol. The summed E-state index contributed by atoms with van der Waals surface area (Å²) in [7, 11) is 0. The van der Waals surface area contributed by atoms with E-state index in [-0.39, 0.29) is 0 Å². The van der Waals surface area contributed by atoms with Crippen molar-refractivity contribution < 1.29 is 5.11 Å². The molecule has 21 heavy (non-hydrogen) atoms. The van der Waals surface area contributed by atoms with Crippen LogP contribution in [0.5, 0.6) is 0 Å². The van der Waals surface area contributed by atoms with Crippen LogP contribution in [-0.4, -0.2) is 10.1 Å². The maximum atomic E-state index is 10.5. The molecular weight excluding hydrogens is 282 g/mol. The van der Waals surface area contributed by atoms with E-state index in [1.807, 2.05) is 61.5 Å². The van der Waals surface area contributed by atoms with Gasteiger partial charge in [0.15, 0.2) is 0 Å². The summed E-state index contributed by atoms with van der Waals surface area (Å²) in [5, 5.41) is 12.3. The molecule has 1 atom stereocenters. The number of hydrogen-bond donors (Lipinski definition) is 1. The first-order valence-corrected chi connectivity index (χ1v) is 7.30. The predicted octanol–water partition coefficient (Wildman–Crippen LogP) is 4.47. The number of aliphatic hydroxyl groups excluding tert-OH is 1. The molecule has 1 N–H and O–H groups in total. The lowest BCUT2D eigenvalue weighted by atomic mass is 10.0. The van der Waals surface area contributed by atoms with Crippen molar-refractivity contribution in [3.63, 3.8) is 0 Å². The minimum atomic E-state index is -0.659. The second kappa shape index (κ2) is 5.84. The molecule has 0 amide bonds. The van der Waals surface area contributed by atoms with E-state index in [1.54, 1.807) is 0 Å². The number of pyridine rings is 1. The lowest BCUT2D eigenvalue weighted by Gasteiger charge is -2.13. The van der Waals surface area contributed by atoms with Crippen LogP contribution < -0.4 is 0 Å². The number of aliphatic hydroxyl groups is 1. The molecule has 106 valence electrons. The van der Waals surface area contributed by atoms with Gasteiger partial charge < -0.3 is 5.11 Å². The van der Waals surface area contributed by atoms with Crippen LogP contribution in [0.15, 0.2) is 54.6 Å². The molecule has 1 aromatic heterocycles. The van der Waals surface area contributed by atoms with E-state index in [1.165, 1.54) is 0 Å². The summed E-state index contributed by atoms with van der Waals surface area (Å²) >= 11 is 6.15. The zero-order valence-electron chi connectivity index (χ0n) is 11.8. The molecule has 0 aliphatic carbocycles. The van der Waals surface area contributed by atoms with Gasteiger partial charge >= 0.3 is 0 Å². The molecule has 0 saturated carbocycles. The van der Waals surface area contributed by atoms with Crippen molar-refractivity contribution in [1.29, 1.82) is 0 Å². The number of halogens is 1. The van der Waals surface area contributed by atoms with Crippen molar-refractivity contribution in [3.8, 4) is 0 Å². The molecule has 0 radical (unpaired) electrons. The molecule has 1 unspecified atom stereocenters. The van der Waals surface area contributed by atoms with Crippen molar-refractivity contribution in [2.24, 2.45) is 0 Å². The van der Waals surface area contributed by atoms with E-state index in [0.29, 0.717) is 17.1 Å². The highest BCUT2D eigenvalue weighted by atomic mass is 35.5. The highest BCUT2D eigenvalue weighted by Gasteiger charge is 2.13. The van der Waals surface area contributed by atoms with Crippen LogP contribution in [0.2, 0.25) is 5.02 Å². The summed E-state index contributed by atoms with van der Waals surface area (Å²) in [4.78, 5) is 4.57. The van der Waals surface area contributed by atoms with Gasteiger partial charge in [-0.15, -0.1) is 0 Å². The van der Waals surface area contributed by atoms with E-state index in [9.17, 15) is 5.11 Å². The molecule has 3 rings (SSSR count). The van der Waals surface area contributed by atoms with Gasteiger partial charge in [0.2, 0.25) is 0 Å². The van der Waals surface area contributed by atoms with Gasteiger partial charge in [-0.05, 0) is 36.2 Å². The molecule has 0 aliphatic heterocycles. The third-order valence-electron chi connectivity index (χ3n) is 3.66. The van der Waals surface area contributed by atoms with Crippen LogP contribution in [-0.2, 0) is 6.42 Å². The second-order valence-corrected chi connectivity index (χ2v) is 5.60. The Morgan fingerprint density at radius 1 is 1.10 bits per heavy atom. The van der Waals surface area contributed by atoms with Crippen LogP contribution in [0.1, 0.15) is 22.9 Å². The number of nitrogens with zero attached hydrogens (tertiary/aromatic N) is 1. The molecule has 3 heteroatoms. The van der Waals surface area contributed by atoms with E-state index < -0.39 is 6.10 Å². The molecule has 3 aromatic rings.